The van der Waals surface area contributed by atoms with Gasteiger partial charge in [-0.3, -0.25) is 0 Å². The van der Waals surface area contributed by atoms with Crippen LogP contribution in [0.1, 0.15) is 0 Å². The fraction of sp³-hybridized carbons (Fsp3) is 0. The van der Waals surface area contributed by atoms with Crippen LogP contribution in [0.5, 0.6) is 0 Å². The van der Waals surface area contributed by atoms with Gasteiger partial charge in [0.15, 0.2) is 0 Å². The normalized spacial score (nSPS) is 11.4. The Kier molecular flexibility index (Phi) is 8.53. The lowest BCUT2D eigenvalue weighted by molar-refractivity contribution is 0.631. The van der Waals surface area contributed by atoms with Gasteiger partial charge in [-0.05, 0) is 55.6 Å². The van der Waals surface area contributed by atoms with Crippen molar-refractivity contribution in [2.24, 2.45) is 0 Å². The van der Waals surface area contributed by atoms with Gasteiger partial charge in [0.05, 0.1) is 0 Å². The Bertz CT molecular complexity index is 2700. The van der Waals surface area contributed by atoms with Crippen molar-refractivity contribution in [3.8, 4) is 22.3 Å². The van der Waals surface area contributed by atoms with Crippen LogP contribution in [-0.2, 0) is 0 Å². The SMILES string of the molecule is Fc1ccccc1-c1cc(B(c2ccccc2)c2ccccc2)c2ccc3c(B(c4ccccc4)c4ccccc4)cc(-c4ccccc4F)c4ccc1c2c34. The standard InChI is InChI=1S/C52H34B2F2/c55-49-27-15-13-25-39(49)45-33-47(53(35-17-5-1-6-18-35)36-19-7-2-8-20-36)43-31-32-44-48(54(37-21-9-3-10-22-37)38-23-11-4-12-24-38)34-46(40-26-14-16-28-50(40)56)42-30-29-41(45)51(43)52(42)44/h1-34H. The molecule has 56 heavy (non-hydrogen) atoms. The van der Waals surface area contributed by atoms with Crippen LogP contribution in [0.2, 0.25) is 0 Å². The molecule has 262 valence electrons. The summed E-state index contributed by atoms with van der Waals surface area (Å²) >= 11 is 0. The van der Waals surface area contributed by atoms with Crippen LogP contribution in [0, 0.1) is 11.6 Å². The molecule has 0 heterocycles. The second kappa shape index (κ2) is 14.1. The quantitative estimate of drug-likeness (QED) is 0.109. The maximum absolute atomic E-state index is 16.1. The van der Waals surface area contributed by atoms with Crippen molar-refractivity contribution in [1.29, 1.82) is 0 Å². The molecule has 0 saturated carbocycles. The van der Waals surface area contributed by atoms with Gasteiger partial charge >= 0.3 is 0 Å². The summed E-state index contributed by atoms with van der Waals surface area (Å²) in [7, 11) is 0. The van der Waals surface area contributed by atoms with E-state index in [-0.39, 0.29) is 25.1 Å². The van der Waals surface area contributed by atoms with Gasteiger partial charge in [-0.25, -0.2) is 8.78 Å². The lowest BCUT2D eigenvalue weighted by atomic mass is 9.35. The number of halogens is 2. The molecule has 0 unspecified atom stereocenters. The molecular formula is C52H34B2F2. The monoisotopic (exact) mass is 718 g/mol. The van der Waals surface area contributed by atoms with Gasteiger partial charge in [0.1, 0.15) is 11.6 Å². The molecule has 0 spiro atoms. The second-order valence-electron chi connectivity index (χ2n) is 14.6. The molecule has 0 radical (unpaired) electrons. The van der Waals surface area contributed by atoms with Crippen LogP contribution in [0.4, 0.5) is 8.78 Å². The number of hydrogen-bond donors (Lipinski definition) is 0. The van der Waals surface area contributed by atoms with E-state index in [9.17, 15) is 0 Å². The van der Waals surface area contributed by atoms with E-state index in [0.29, 0.717) is 11.1 Å². The van der Waals surface area contributed by atoms with Crippen LogP contribution in [0.15, 0.2) is 206 Å². The van der Waals surface area contributed by atoms with Gasteiger partial charge in [-0.1, -0.05) is 227 Å². The van der Waals surface area contributed by atoms with Crippen molar-refractivity contribution in [2.45, 2.75) is 0 Å². The fourth-order valence-electron chi connectivity index (χ4n) is 9.02. The first-order valence-corrected chi connectivity index (χ1v) is 19.1. The molecule has 0 atom stereocenters. The molecule has 0 nitrogen and oxygen atoms in total. The highest BCUT2D eigenvalue weighted by molar-refractivity contribution is 6.98. The highest BCUT2D eigenvalue weighted by Crippen LogP contribution is 2.42. The first kappa shape index (κ1) is 33.8. The first-order valence-electron chi connectivity index (χ1n) is 19.1. The molecule has 0 aromatic heterocycles. The topological polar surface area (TPSA) is 0 Å². The minimum Gasteiger partial charge on any atom is -0.206 e. The van der Waals surface area contributed by atoms with E-state index < -0.39 is 0 Å². The summed E-state index contributed by atoms with van der Waals surface area (Å²) in [6.07, 6.45) is 0. The third-order valence-corrected chi connectivity index (χ3v) is 11.4. The summed E-state index contributed by atoms with van der Waals surface area (Å²) < 4.78 is 32.2. The third-order valence-electron chi connectivity index (χ3n) is 11.4. The molecule has 10 aromatic rings. The average molecular weight is 718 g/mol. The zero-order chi connectivity index (χ0) is 37.6. The van der Waals surface area contributed by atoms with Crippen LogP contribution in [0.3, 0.4) is 0 Å². The zero-order valence-corrected chi connectivity index (χ0v) is 30.5. The molecule has 10 aromatic carbocycles. The molecule has 0 bridgehead atoms. The number of benzene rings is 10. The fourth-order valence-corrected chi connectivity index (χ4v) is 9.02. The molecular weight excluding hydrogens is 684 g/mol. The van der Waals surface area contributed by atoms with E-state index in [1.807, 2.05) is 48.5 Å². The molecule has 0 aliphatic heterocycles. The molecule has 0 aliphatic rings. The molecule has 0 fully saturated rings. The van der Waals surface area contributed by atoms with Gasteiger partial charge < -0.3 is 0 Å². The highest BCUT2D eigenvalue weighted by Gasteiger charge is 2.30. The third kappa shape index (κ3) is 5.69. The number of hydrogen-bond acceptors (Lipinski definition) is 0. The summed E-state index contributed by atoms with van der Waals surface area (Å²) in [4.78, 5) is 0. The highest BCUT2D eigenvalue weighted by atomic mass is 19.1. The Morgan fingerprint density at radius 2 is 0.554 bits per heavy atom. The van der Waals surface area contributed by atoms with Crippen LogP contribution in [0.25, 0.3) is 54.6 Å². The summed E-state index contributed by atoms with van der Waals surface area (Å²) in [5.41, 5.74) is 9.52. The van der Waals surface area contributed by atoms with Crippen LogP contribution in [-0.4, -0.2) is 13.4 Å². The number of rotatable bonds is 8. The summed E-state index contributed by atoms with van der Waals surface area (Å²) in [5.74, 6) is -0.546. The van der Waals surface area contributed by atoms with Crippen molar-refractivity contribution in [1.82, 2.24) is 0 Å². The molecule has 4 heteroatoms. The van der Waals surface area contributed by atoms with Gasteiger partial charge in [-0.15, -0.1) is 0 Å². The largest absolute Gasteiger partial charge is 0.242 e. The van der Waals surface area contributed by atoms with Gasteiger partial charge in [0.2, 0.25) is 13.4 Å². The second-order valence-corrected chi connectivity index (χ2v) is 14.6. The molecule has 0 amide bonds. The smallest absolute Gasteiger partial charge is 0.206 e. The van der Waals surface area contributed by atoms with Gasteiger partial charge in [-0.2, -0.15) is 0 Å². The zero-order valence-electron chi connectivity index (χ0n) is 30.5. The minimum atomic E-state index is -0.273. The van der Waals surface area contributed by atoms with E-state index >= 15 is 8.78 Å². The average Bonchev–Trinajstić information content (AvgIpc) is 3.25. The van der Waals surface area contributed by atoms with Crippen molar-refractivity contribution < 1.29 is 8.78 Å². The predicted octanol–water partition coefficient (Wildman–Crippen LogP) is 9.23. The van der Waals surface area contributed by atoms with E-state index in [1.165, 1.54) is 12.1 Å². The Morgan fingerprint density at radius 1 is 0.268 bits per heavy atom. The van der Waals surface area contributed by atoms with Crippen LogP contribution >= 0.6 is 0 Å². The van der Waals surface area contributed by atoms with E-state index in [1.54, 1.807) is 12.1 Å². The van der Waals surface area contributed by atoms with E-state index in [2.05, 4.69) is 133 Å². The molecule has 10 rings (SSSR count). The molecule has 0 aliphatic carbocycles. The summed E-state index contributed by atoms with van der Waals surface area (Å²) in [6, 6.07) is 69.6. The van der Waals surface area contributed by atoms with Crippen molar-refractivity contribution in [2.75, 3.05) is 0 Å². The van der Waals surface area contributed by atoms with Crippen molar-refractivity contribution in [3.63, 3.8) is 0 Å². The van der Waals surface area contributed by atoms with Gasteiger partial charge in [0.25, 0.3) is 0 Å². The lowest BCUT2D eigenvalue weighted by Gasteiger charge is -2.25. The maximum Gasteiger partial charge on any atom is 0.242 e. The lowest BCUT2D eigenvalue weighted by Crippen LogP contribution is -2.52. The summed E-state index contributed by atoms with van der Waals surface area (Å²) in [6.45, 7) is -0.279. The van der Waals surface area contributed by atoms with Crippen LogP contribution < -0.4 is 32.8 Å². The Morgan fingerprint density at radius 3 is 0.875 bits per heavy atom. The van der Waals surface area contributed by atoms with Crippen molar-refractivity contribution in [3.05, 3.63) is 218 Å². The predicted molar refractivity (Wildman–Crippen MR) is 236 cm³/mol. The molecule has 0 N–H and O–H groups in total. The van der Waals surface area contributed by atoms with Gasteiger partial charge in [0, 0.05) is 11.1 Å². The molecule has 0 saturated heterocycles. The van der Waals surface area contributed by atoms with Crippen molar-refractivity contribution >= 4 is 78.5 Å². The Labute approximate surface area is 326 Å². The van der Waals surface area contributed by atoms with E-state index in [4.69, 9.17) is 0 Å². The Hall–Kier alpha value is -6.77. The van der Waals surface area contributed by atoms with E-state index in [0.717, 1.165) is 76.2 Å². The first-order chi connectivity index (χ1) is 27.7. The maximum atomic E-state index is 16.1. The minimum absolute atomic E-state index is 0.139. The Balaban J connectivity index is 1.41. The summed E-state index contributed by atoms with van der Waals surface area (Å²) in [5, 5.41) is 6.18.